The molecular formula is C38H33N5O4. The summed E-state index contributed by atoms with van der Waals surface area (Å²) in [7, 11) is 0. The summed E-state index contributed by atoms with van der Waals surface area (Å²) in [6.07, 6.45) is 0.717. The van der Waals surface area contributed by atoms with E-state index in [-0.39, 0.29) is 23.6 Å². The predicted octanol–water partition coefficient (Wildman–Crippen LogP) is 7.85. The molecule has 1 heterocycles. The lowest BCUT2D eigenvalue weighted by atomic mass is 9.97. The molecule has 1 aliphatic rings. The van der Waals surface area contributed by atoms with Crippen molar-refractivity contribution in [1.29, 1.82) is 0 Å². The number of hydrogen-bond acceptors (Lipinski definition) is 5. The van der Waals surface area contributed by atoms with E-state index in [1.165, 1.54) is 12.1 Å². The Labute approximate surface area is 272 Å². The Kier molecular flexibility index (Phi) is 8.97. The molecule has 9 heteroatoms. The minimum Gasteiger partial charge on any atom is -0.508 e. The third-order valence-electron chi connectivity index (χ3n) is 7.81. The van der Waals surface area contributed by atoms with E-state index in [2.05, 4.69) is 26.6 Å². The van der Waals surface area contributed by atoms with E-state index in [1.807, 2.05) is 73.7 Å². The SMILES string of the molecule is CC[C@H](NC(=O)c1ccc2c(c1)C(=C(Nc1ccccc1NC(=O)Nc1ccc(O)cc1)c1ccccc1)C(=O)N2)c1ccccc1. The molecule has 0 bridgehead atoms. The van der Waals surface area contributed by atoms with E-state index in [4.69, 9.17) is 0 Å². The third-order valence-corrected chi connectivity index (χ3v) is 7.81. The molecule has 0 aliphatic carbocycles. The van der Waals surface area contributed by atoms with Crippen LogP contribution in [0.25, 0.3) is 11.3 Å². The van der Waals surface area contributed by atoms with Crippen molar-refractivity contribution in [2.24, 2.45) is 0 Å². The number of rotatable bonds is 9. The quantitative estimate of drug-likeness (QED) is 0.0735. The Morgan fingerprint density at radius 3 is 2.04 bits per heavy atom. The molecule has 0 saturated heterocycles. The Hall–Kier alpha value is -6.35. The molecule has 5 aromatic rings. The molecule has 6 N–H and O–H groups in total. The third kappa shape index (κ3) is 6.99. The number of amides is 4. The van der Waals surface area contributed by atoms with Crippen LogP contribution in [0.15, 0.2) is 127 Å². The summed E-state index contributed by atoms with van der Waals surface area (Å²) >= 11 is 0. The zero-order chi connectivity index (χ0) is 32.8. The summed E-state index contributed by atoms with van der Waals surface area (Å²) in [6, 6.07) is 37.0. The van der Waals surface area contributed by atoms with Crippen molar-refractivity contribution in [3.63, 3.8) is 0 Å². The Balaban J connectivity index is 1.34. The van der Waals surface area contributed by atoms with Crippen molar-refractivity contribution in [3.05, 3.63) is 150 Å². The number of urea groups is 1. The van der Waals surface area contributed by atoms with Crippen LogP contribution in [0.5, 0.6) is 5.75 Å². The van der Waals surface area contributed by atoms with E-state index in [0.29, 0.717) is 51.6 Å². The average Bonchev–Trinajstić information content (AvgIpc) is 3.43. The second kappa shape index (κ2) is 13.7. The molecule has 234 valence electrons. The largest absolute Gasteiger partial charge is 0.508 e. The Bertz CT molecular complexity index is 1960. The van der Waals surface area contributed by atoms with Gasteiger partial charge in [0.1, 0.15) is 5.75 Å². The van der Waals surface area contributed by atoms with Gasteiger partial charge in [-0.3, -0.25) is 9.59 Å². The summed E-state index contributed by atoms with van der Waals surface area (Å²) in [6.45, 7) is 2.02. The first kappa shape index (κ1) is 30.7. The maximum atomic E-state index is 13.6. The number of benzene rings is 5. The van der Waals surface area contributed by atoms with Gasteiger partial charge < -0.3 is 31.7 Å². The lowest BCUT2D eigenvalue weighted by Crippen LogP contribution is -2.28. The highest BCUT2D eigenvalue weighted by atomic mass is 16.3. The maximum Gasteiger partial charge on any atom is 0.323 e. The zero-order valence-electron chi connectivity index (χ0n) is 25.6. The smallest absolute Gasteiger partial charge is 0.323 e. The van der Waals surface area contributed by atoms with Gasteiger partial charge in [-0.25, -0.2) is 4.79 Å². The Morgan fingerprint density at radius 1 is 0.723 bits per heavy atom. The van der Waals surface area contributed by atoms with Crippen molar-refractivity contribution in [2.75, 3.05) is 21.3 Å². The minimum absolute atomic E-state index is 0.0922. The van der Waals surface area contributed by atoms with Crippen LogP contribution in [0.2, 0.25) is 0 Å². The summed E-state index contributed by atoms with van der Waals surface area (Å²) in [4.78, 5) is 40.0. The number of carbonyl (C=O) groups excluding carboxylic acids is 3. The second-order valence-corrected chi connectivity index (χ2v) is 11.0. The van der Waals surface area contributed by atoms with Gasteiger partial charge in [0, 0.05) is 22.5 Å². The van der Waals surface area contributed by atoms with Gasteiger partial charge >= 0.3 is 6.03 Å². The monoisotopic (exact) mass is 623 g/mol. The highest BCUT2D eigenvalue weighted by Gasteiger charge is 2.30. The first-order valence-electron chi connectivity index (χ1n) is 15.2. The Morgan fingerprint density at radius 2 is 1.36 bits per heavy atom. The second-order valence-electron chi connectivity index (χ2n) is 11.0. The van der Waals surface area contributed by atoms with Gasteiger partial charge in [0.15, 0.2) is 0 Å². The number of nitrogens with one attached hydrogen (secondary N) is 5. The molecule has 47 heavy (non-hydrogen) atoms. The van der Waals surface area contributed by atoms with Gasteiger partial charge in [0.25, 0.3) is 11.8 Å². The molecule has 0 aromatic heterocycles. The number of phenols is 1. The number of hydrogen-bond donors (Lipinski definition) is 6. The van der Waals surface area contributed by atoms with Crippen LogP contribution in [0.1, 0.15) is 46.4 Å². The molecule has 5 aromatic carbocycles. The fraction of sp³-hybridized carbons (Fsp3) is 0.0789. The molecule has 0 saturated carbocycles. The fourth-order valence-electron chi connectivity index (χ4n) is 5.45. The highest BCUT2D eigenvalue weighted by molar-refractivity contribution is 6.37. The van der Waals surface area contributed by atoms with E-state index < -0.39 is 6.03 Å². The predicted molar refractivity (Wildman–Crippen MR) is 186 cm³/mol. The summed E-state index contributed by atoms with van der Waals surface area (Å²) < 4.78 is 0. The lowest BCUT2D eigenvalue weighted by molar-refractivity contribution is -0.110. The topological polar surface area (TPSA) is 132 Å². The van der Waals surface area contributed by atoms with E-state index in [0.717, 1.165) is 11.1 Å². The van der Waals surface area contributed by atoms with E-state index >= 15 is 0 Å². The van der Waals surface area contributed by atoms with Crippen LogP contribution >= 0.6 is 0 Å². The molecule has 0 unspecified atom stereocenters. The standard InChI is InChI=1S/C38H33N5O4/c1-2-30(24-11-5-3-6-12-24)41-36(45)26-17-22-31-29(23-26)34(37(46)42-31)35(25-13-7-4-8-14-25)40-32-15-9-10-16-33(32)43-38(47)39-27-18-20-28(44)21-19-27/h3-23,30,40,44H,2H2,1H3,(H,41,45)(H,42,46)(H2,39,43,47)/t30-/m0/s1. The van der Waals surface area contributed by atoms with Gasteiger partial charge in [-0.2, -0.15) is 0 Å². The number of aromatic hydroxyl groups is 1. The summed E-state index contributed by atoms with van der Waals surface area (Å²) in [5.41, 5.74) is 5.73. The molecule has 9 nitrogen and oxygen atoms in total. The van der Waals surface area contributed by atoms with Crippen molar-refractivity contribution in [1.82, 2.24) is 5.32 Å². The number of phenolic OH excluding ortho intramolecular Hbond substituents is 1. The molecule has 0 radical (unpaired) electrons. The fourth-order valence-corrected chi connectivity index (χ4v) is 5.45. The molecule has 1 atom stereocenters. The van der Waals surface area contributed by atoms with Crippen LogP contribution in [0.4, 0.5) is 27.5 Å². The first-order valence-corrected chi connectivity index (χ1v) is 15.2. The normalized spacial score (nSPS) is 13.5. The van der Waals surface area contributed by atoms with Gasteiger partial charge in [0.2, 0.25) is 0 Å². The zero-order valence-corrected chi connectivity index (χ0v) is 25.6. The highest BCUT2D eigenvalue weighted by Crippen LogP contribution is 2.39. The molecule has 0 fully saturated rings. The van der Waals surface area contributed by atoms with Crippen molar-refractivity contribution < 1.29 is 19.5 Å². The van der Waals surface area contributed by atoms with Crippen LogP contribution in [-0.2, 0) is 4.79 Å². The number of fused-ring (bicyclic) bond motifs is 1. The van der Waals surface area contributed by atoms with Gasteiger partial charge in [-0.1, -0.05) is 79.7 Å². The first-order chi connectivity index (χ1) is 22.9. The number of para-hydroxylation sites is 2. The molecule has 6 rings (SSSR count). The molecule has 0 spiro atoms. The van der Waals surface area contributed by atoms with Crippen LogP contribution in [-0.4, -0.2) is 23.0 Å². The number of anilines is 4. The van der Waals surface area contributed by atoms with E-state index in [9.17, 15) is 19.5 Å². The number of carbonyl (C=O) groups is 3. The minimum atomic E-state index is -0.487. The summed E-state index contributed by atoms with van der Waals surface area (Å²) in [5.74, 6) is -0.477. The van der Waals surface area contributed by atoms with E-state index in [1.54, 1.807) is 48.5 Å². The van der Waals surface area contributed by atoms with Crippen molar-refractivity contribution in [2.45, 2.75) is 19.4 Å². The van der Waals surface area contributed by atoms with Gasteiger partial charge in [0.05, 0.1) is 28.7 Å². The summed E-state index contributed by atoms with van der Waals surface area (Å²) in [5, 5.41) is 24.6. The van der Waals surface area contributed by atoms with Crippen LogP contribution < -0.4 is 26.6 Å². The van der Waals surface area contributed by atoms with Crippen molar-refractivity contribution >= 4 is 51.9 Å². The van der Waals surface area contributed by atoms with Crippen LogP contribution in [0.3, 0.4) is 0 Å². The molecule has 4 amide bonds. The van der Waals surface area contributed by atoms with Gasteiger partial charge in [-0.05, 0) is 72.1 Å². The average molecular weight is 624 g/mol. The van der Waals surface area contributed by atoms with Crippen LogP contribution in [0, 0.1) is 0 Å². The van der Waals surface area contributed by atoms with Crippen molar-refractivity contribution in [3.8, 4) is 5.75 Å². The van der Waals surface area contributed by atoms with Gasteiger partial charge in [-0.15, -0.1) is 0 Å². The maximum absolute atomic E-state index is 13.6. The lowest BCUT2D eigenvalue weighted by Gasteiger charge is -2.19. The molecular weight excluding hydrogens is 590 g/mol. The molecule has 1 aliphatic heterocycles.